The van der Waals surface area contributed by atoms with Crippen molar-refractivity contribution < 1.29 is 23.5 Å². The minimum absolute atomic E-state index is 0.157. The standard InChI is InChI=1S/C13H15FN2O4/c14-10-1-3-11(4-2-10)20-9-12(17)15-5-6-16-7-8-19-13(16)18/h1-4H,5-9H2,(H,15,17). The van der Waals surface area contributed by atoms with Crippen LogP contribution < -0.4 is 10.1 Å². The normalized spacial score (nSPS) is 14.1. The van der Waals surface area contributed by atoms with E-state index in [2.05, 4.69) is 5.32 Å². The van der Waals surface area contributed by atoms with Crippen LogP contribution in [0.1, 0.15) is 0 Å². The van der Waals surface area contributed by atoms with Gasteiger partial charge in [0.15, 0.2) is 6.61 Å². The van der Waals surface area contributed by atoms with Crippen LogP contribution in [-0.4, -0.2) is 49.7 Å². The predicted molar refractivity (Wildman–Crippen MR) is 67.8 cm³/mol. The van der Waals surface area contributed by atoms with E-state index < -0.39 is 0 Å². The second-order valence-corrected chi connectivity index (χ2v) is 4.19. The van der Waals surface area contributed by atoms with Crippen LogP contribution in [0.15, 0.2) is 24.3 Å². The molecular formula is C13H15FN2O4. The van der Waals surface area contributed by atoms with Crippen LogP contribution in [0.3, 0.4) is 0 Å². The molecule has 20 heavy (non-hydrogen) atoms. The average molecular weight is 282 g/mol. The monoisotopic (exact) mass is 282 g/mol. The van der Waals surface area contributed by atoms with Gasteiger partial charge in [0.2, 0.25) is 0 Å². The number of benzene rings is 1. The molecule has 2 rings (SSSR count). The molecule has 1 heterocycles. The molecule has 2 amide bonds. The van der Waals surface area contributed by atoms with Gasteiger partial charge in [-0.15, -0.1) is 0 Å². The van der Waals surface area contributed by atoms with E-state index in [1.54, 1.807) is 0 Å². The lowest BCUT2D eigenvalue weighted by Gasteiger charge is -2.13. The first kappa shape index (κ1) is 14.1. The van der Waals surface area contributed by atoms with E-state index in [4.69, 9.17) is 9.47 Å². The van der Waals surface area contributed by atoms with Crippen LogP contribution >= 0.6 is 0 Å². The average Bonchev–Trinajstić information content (AvgIpc) is 2.84. The molecule has 0 aromatic heterocycles. The van der Waals surface area contributed by atoms with Crippen LogP contribution in [0.25, 0.3) is 0 Å². The van der Waals surface area contributed by atoms with Gasteiger partial charge >= 0.3 is 6.09 Å². The highest BCUT2D eigenvalue weighted by atomic mass is 19.1. The highest BCUT2D eigenvalue weighted by molar-refractivity contribution is 5.77. The van der Waals surface area contributed by atoms with Crippen LogP contribution in [0, 0.1) is 5.82 Å². The van der Waals surface area contributed by atoms with E-state index >= 15 is 0 Å². The lowest BCUT2D eigenvalue weighted by atomic mass is 10.3. The largest absolute Gasteiger partial charge is 0.484 e. The van der Waals surface area contributed by atoms with Gasteiger partial charge in [0.1, 0.15) is 18.2 Å². The van der Waals surface area contributed by atoms with Crippen LogP contribution in [0.5, 0.6) is 5.75 Å². The zero-order chi connectivity index (χ0) is 14.4. The molecule has 1 aliphatic heterocycles. The Morgan fingerprint density at radius 2 is 2.15 bits per heavy atom. The molecule has 1 aromatic carbocycles. The summed E-state index contributed by atoms with van der Waals surface area (Å²) in [7, 11) is 0. The number of halogens is 1. The number of cyclic esters (lactones) is 1. The molecule has 0 unspecified atom stereocenters. The Hall–Kier alpha value is -2.31. The van der Waals surface area contributed by atoms with Gasteiger partial charge < -0.3 is 19.7 Å². The molecule has 108 valence electrons. The Balaban J connectivity index is 1.63. The van der Waals surface area contributed by atoms with Gasteiger partial charge in [0, 0.05) is 13.1 Å². The van der Waals surface area contributed by atoms with E-state index in [-0.39, 0.29) is 24.4 Å². The number of amides is 2. The number of nitrogens with zero attached hydrogens (tertiary/aromatic N) is 1. The second-order valence-electron chi connectivity index (χ2n) is 4.19. The van der Waals surface area contributed by atoms with Crippen molar-refractivity contribution in [3.05, 3.63) is 30.1 Å². The molecule has 1 saturated heterocycles. The van der Waals surface area contributed by atoms with Crippen LogP contribution in [0.4, 0.5) is 9.18 Å². The molecule has 0 saturated carbocycles. The van der Waals surface area contributed by atoms with Gasteiger partial charge in [-0.2, -0.15) is 0 Å². The fraction of sp³-hybridized carbons (Fsp3) is 0.385. The predicted octanol–water partition coefficient (Wildman–Crippen LogP) is 0.773. The van der Waals surface area contributed by atoms with Crippen molar-refractivity contribution in [3.8, 4) is 5.75 Å². The Kier molecular flexibility index (Phi) is 4.75. The van der Waals surface area contributed by atoms with Crippen molar-refractivity contribution in [2.24, 2.45) is 0 Å². The third-order valence-electron chi connectivity index (χ3n) is 2.73. The Bertz CT molecular complexity index is 478. The van der Waals surface area contributed by atoms with Crippen molar-refractivity contribution in [1.82, 2.24) is 10.2 Å². The highest BCUT2D eigenvalue weighted by Crippen LogP contribution is 2.10. The smallest absolute Gasteiger partial charge is 0.409 e. The summed E-state index contributed by atoms with van der Waals surface area (Å²) in [4.78, 5) is 24.1. The first-order valence-electron chi connectivity index (χ1n) is 6.22. The number of nitrogens with one attached hydrogen (secondary N) is 1. The molecule has 7 heteroatoms. The summed E-state index contributed by atoms with van der Waals surface area (Å²) < 4.78 is 22.6. The zero-order valence-electron chi connectivity index (χ0n) is 10.8. The maximum Gasteiger partial charge on any atom is 0.409 e. The first-order chi connectivity index (χ1) is 9.65. The summed E-state index contributed by atoms with van der Waals surface area (Å²) in [6.45, 7) is 1.51. The minimum atomic E-state index is -0.362. The first-order valence-corrected chi connectivity index (χ1v) is 6.22. The maximum absolute atomic E-state index is 12.7. The second kappa shape index (κ2) is 6.74. The molecule has 1 fully saturated rings. The van der Waals surface area contributed by atoms with Crippen molar-refractivity contribution in [1.29, 1.82) is 0 Å². The number of carbonyl (C=O) groups is 2. The van der Waals surface area contributed by atoms with Gasteiger partial charge in [-0.1, -0.05) is 0 Å². The van der Waals surface area contributed by atoms with Gasteiger partial charge in [-0.25, -0.2) is 9.18 Å². The Morgan fingerprint density at radius 1 is 1.40 bits per heavy atom. The van der Waals surface area contributed by atoms with Crippen LogP contribution in [0.2, 0.25) is 0 Å². The molecular weight excluding hydrogens is 267 g/mol. The van der Waals surface area contributed by atoms with Crippen molar-refractivity contribution >= 4 is 12.0 Å². The third kappa shape index (κ3) is 4.11. The van der Waals surface area contributed by atoms with Gasteiger partial charge in [0.05, 0.1) is 6.54 Å². The molecule has 0 atom stereocenters. The summed E-state index contributed by atoms with van der Waals surface area (Å²) in [6, 6.07) is 5.41. The molecule has 1 N–H and O–H groups in total. The van der Waals surface area contributed by atoms with E-state index in [9.17, 15) is 14.0 Å². The molecule has 0 radical (unpaired) electrons. The molecule has 6 nitrogen and oxygen atoms in total. The summed E-state index contributed by atoms with van der Waals surface area (Å²) in [5, 5.41) is 2.62. The zero-order valence-corrected chi connectivity index (χ0v) is 10.8. The molecule has 0 bridgehead atoms. The van der Waals surface area contributed by atoms with E-state index in [0.29, 0.717) is 32.0 Å². The van der Waals surface area contributed by atoms with E-state index in [1.165, 1.54) is 29.2 Å². The number of hydrogen-bond donors (Lipinski definition) is 1. The van der Waals surface area contributed by atoms with Crippen LogP contribution in [-0.2, 0) is 9.53 Å². The number of rotatable bonds is 6. The number of ether oxygens (including phenoxy) is 2. The molecule has 0 aliphatic carbocycles. The fourth-order valence-corrected chi connectivity index (χ4v) is 1.69. The quantitative estimate of drug-likeness (QED) is 0.837. The van der Waals surface area contributed by atoms with Gasteiger partial charge in [0.25, 0.3) is 5.91 Å². The van der Waals surface area contributed by atoms with Crippen molar-refractivity contribution in [2.75, 3.05) is 32.8 Å². The summed E-state index contributed by atoms with van der Waals surface area (Å²) in [5.41, 5.74) is 0. The topological polar surface area (TPSA) is 67.9 Å². The number of hydrogen-bond acceptors (Lipinski definition) is 4. The summed E-state index contributed by atoms with van der Waals surface area (Å²) in [5.74, 6) is -0.245. The Morgan fingerprint density at radius 3 is 2.80 bits per heavy atom. The SMILES string of the molecule is O=C(COc1ccc(F)cc1)NCCN1CCOC1=O. The van der Waals surface area contributed by atoms with Crippen molar-refractivity contribution in [3.63, 3.8) is 0 Å². The van der Waals surface area contributed by atoms with E-state index in [1.807, 2.05) is 0 Å². The lowest BCUT2D eigenvalue weighted by Crippen LogP contribution is -2.37. The van der Waals surface area contributed by atoms with Crippen molar-refractivity contribution in [2.45, 2.75) is 0 Å². The minimum Gasteiger partial charge on any atom is -0.484 e. The molecule has 1 aliphatic rings. The maximum atomic E-state index is 12.7. The van der Waals surface area contributed by atoms with Gasteiger partial charge in [-0.05, 0) is 24.3 Å². The Labute approximate surface area is 115 Å². The summed E-state index contributed by atoms with van der Waals surface area (Å²) in [6.07, 6.45) is -0.359. The summed E-state index contributed by atoms with van der Waals surface area (Å²) >= 11 is 0. The lowest BCUT2D eigenvalue weighted by molar-refractivity contribution is -0.123. The third-order valence-corrected chi connectivity index (χ3v) is 2.73. The molecule has 0 spiro atoms. The van der Waals surface area contributed by atoms with E-state index in [0.717, 1.165) is 0 Å². The highest BCUT2D eigenvalue weighted by Gasteiger charge is 2.21. The van der Waals surface area contributed by atoms with Gasteiger partial charge in [-0.3, -0.25) is 4.79 Å². The molecule has 1 aromatic rings. The number of carbonyl (C=O) groups excluding carboxylic acids is 2. The fourth-order valence-electron chi connectivity index (χ4n) is 1.69.